The predicted octanol–water partition coefficient (Wildman–Crippen LogP) is 6.07. The fourth-order valence-corrected chi connectivity index (χ4v) is 3.73. The van der Waals surface area contributed by atoms with E-state index in [1.807, 2.05) is 0 Å². The first kappa shape index (κ1) is 22.8. The minimum Gasteiger partial charge on any atom is -0.489 e. The number of Topliss-reactive ketones (excluding diaryl/α,β-unsaturated/α-hetero) is 1. The van der Waals surface area contributed by atoms with Gasteiger partial charge < -0.3 is 9.47 Å². The van der Waals surface area contributed by atoms with E-state index in [-0.39, 0.29) is 24.0 Å². The van der Waals surface area contributed by atoms with Crippen LogP contribution in [0.2, 0.25) is 10.0 Å². The van der Waals surface area contributed by atoms with Gasteiger partial charge in [-0.1, -0.05) is 29.3 Å². The van der Waals surface area contributed by atoms with E-state index in [1.165, 1.54) is 6.20 Å². The van der Waals surface area contributed by atoms with Crippen molar-refractivity contribution >= 4 is 29.0 Å². The molecule has 162 valence electrons. The summed E-state index contributed by atoms with van der Waals surface area (Å²) in [7, 11) is 0. The molecule has 0 unspecified atom stereocenters. The normalized spacial score (nSPS) is 15.2. The molecule has 4 nitrogen and oxygen atoms in total. The number of aryl methyl sites for hydroxylation is 1. The van der Waals surface area contributed by atoms with Crippen LogP contribution >= 0.6 is 23.2 Å². The Labute approximate surface area is 182 Å². The lowest BCUT2D eigenvalue weighted by molar-refractivity contribution is -0.152. The first-order chi connectivity index (χ1) is 14.2. The molecule has 2 heterocycles. The van der Waals surface area contributed by atoms with Crippen molar-refractivity contribution in [3.63, 3.8) is 0 Å². The van der Waals surface area contributed by atoms with E-state index in [2.05, 4.69) is 4.98 Å². The number of benzene rings is 1. The lowest BCUT2D eigenvalue weighted by atomic mass is 10.0. The molecule has 0 N–H and O–H groups in total. The molecule has 0 saturated carbocycles. The number of hydrogen-bond acceptors (Lipinski definition) is 4. The Morgan fingerprint density at radius 3 is 2.60 bits per heavy atom. The molecule has 0 amide bonds. The summed E-state index contributed by atoms with van der Waals surface area (Å²) in [5, 5.41) is 0.709. The monoisotopic (exact) mass is 461 g/mol. The third-order valence-electron chi connectivity index (χ3n) is 4.70. The second-order valence-corrected chi connectivity index (χ2v) is 7.81. The highest BCUT2D eigenvalue weighted by Crippen LogP contribution is 2.36. The topological polar surface area (TPSA) is 48.4 Å². The zero-order valence-corrected chi connectivity index (χ0v) is 17.5. The third kappa shape index (κ3) is 6.33. The summed E-state index contributed by atoms with van der Waals surface area (Å²) in [4.78, 5) is 15.6. The van der Waals surface area contributed by atoms with E-state index in [1.54, 1.807) is 24.3 Å². The number of ketones is 1. The van der Waals surface area contributed by atoms with Gasteiger partial charge in [0, 0.05) is 31.0 Å². The second-order valence-electron chi connectivity index (χ2n) is 7.02. The van der Waals surface area contributed by atoms with Gasteiger partial charge in [0.15, 0.2) is 0 Å². The Hall–Kier alpha value is -1.83. The van der Waals surface area contributed by atoms with E-state index in [4.69, 9.17) is 32.7 Å². The molecular formula is C21H20Cl2F3NO3. The molecule has 1 aliphatic heterocycles. The van der Waals surface area contributed by atoms with Gasteiger partial charge in [-0.15, -0.1) is 0 Å². The highest BCUT2D eigenvalue weighted by atomic mass is 35.5. The van der Waals surface area contributed by atoms with Crippen LogP contribution in [-0.4, -0.2) is 36.3 Å². The van der Waals surface area contributed by atoms with Crippen LogP contribution in [0.15, 0.2) is 30.5 Å². The Balaban J connectivity index is 1.72. The largest absolute Gasteiger partial charge is 0.489 e. The highest BCUT2D eigenvalue weighted by molar-refractivity contribution is 6.34. The number of nitrogens with zero attached hydrogens (tertiary/aromatic N) is 1. The van der Waals surface area contributed by atoms with Gasteiger partial charge in [-0.2, -0.15) is 13.2 Å². The lowest BCUT2D eigenvalue weighted by Crippen LogP contribution is -2.25. The van der Waals surface area contributed by atoms with Crippen LogP contribution in [0.25, 0.3) is 11.1 Å². The SMILES string of the molecule is O=C(CCc1nccc(-c2ccc(OC3CCOCC3)c(Cl)c2)c1Cl)CC(F)(F)F. The van der Waals surface area contributed by atoms with Crippen molar-refractivity contribution < 1.29 is 27.4 Å². The third-order valence-corrected chi connectivity index (χ3v) is 5.42. The van der Waals surface area contributed by atoms with Gasteiger partial charge in [-0.25, -0.2) is 0 Å². The number of carbonyl (C=O) groups is 1. The summed E-state index contributed by atoms with van der Waals surface area (Å²) in [5.74, 6) is -0.334. The maximum Gasteiger partial charge on any atom is 0.395 e. The van der Waals surface area contributed by atoms with Gasteiger partial charge >= 0.3 is 6.18 Å². The van der Waals surface area contributed by atoms with Crippen molar-refractivity contribution in [2.75, 3.05) is 13.2 Å². The molecule has 2 aromatic rings. The average molecular weight is 462 g/mol. The molecule has 3 rings (SSSR count). The fraction of sp³-hybridized carbons (Fsp3) is 0.429. The van der Waals surface area contributed by atoms with E-state index in [0.29, 0.717) is 35.2 Å². The molecule has 1 aromatic carbocycles. The van der Waals surface area contributed by atoms with Crippen LogP contribution in [0, 0.1) is 0 Å². The number of carbonyl (C=O) groups excluding carboxylic acids is 1. The predicted molar refractivity (Wildman–Crippen MR) is 108 cm³/mol. The van der Waals surface area contributed by atoms with E-state index in [9.17, 15) is 18.0 Å². The molecule has 1 fully saturated rings. The van der Waals surface area contributed by atoms with E-state index >= 15 is 0 Å². The molecule has 0 bridgehead atoms. The molecule has 1 saturated heterocycles. The van der Waals surface area contributed by atoms with Gasteiger partial charge in [-0.3, -0.25) is 9.78 Å². The van der Waals surface area contributed by atoms with Crippen molar-refractivity contribution in [2.24, 2.45) is 0 Å². The summed E-state index contributed by atoms with van der Waals surface area (Å²) >= 11 is 12.8. The van der Waals surface area contributed by atoms with E-state index < -0.39 is 18.4 Å². The minimum absolute atomic E-state index is 0.0280. The van der Waals surface area contributed by atoms with Crippen LogP contribution in [0.5, 0.6) is 5.75 Å². The fourth-order valence-electron chi connectivity index (χ4n) is 3.19. The molecule has 30 heavy (non-hydrogen) atoms. The molecule has 1 aliphatic rings. The number of pyridine rings is 1. The van der Waals surface area contributed by atoms with Gasteiger partial charge in [0.2, 0.25) is 0 Å². The highest BCUT2D eigenvalue weighted by Gasteiger charge is 2.30. The van der Waals surface area contributed by atoms with Crippen LogP contribution in [0.1, 0.15) is 31.4 Å². The molecule has 1 aromatic heterocycles. The van der Waals surface area contributed by atoms with Crippen molar-refractivity contribution in [1.82, 2.24) is 4.98 Å². The number of ether oxygens (including phenoxy) is 2. The van der Waals surface area contributed by atoms with Crippen molar-refractivity contribution in [1.29, 1.82) is 0 Å². The zero-order valence-electron chi connectivity index (χ0n) is 16.0. The van der Waals surface area contributed by atoms with Crippen molar-refractivity contribution in [3.8, 4) is 16.9 Å². The zero-order chi connectivity index (χ0) is 21.7. The number of halogens is 5. The summed E-state index contributed by atoms with van der Waals surface area (Å²) in [6, 6.07) is 6.97. The van der Waals surface area contributed by atoms with Crippen LogP contribution in [-0.2, 0) is 16.0 Å². The smallest absolute Gasteiger partial charge is 0.395 e. The van der Waals surface area contributed by atoms with Crippen LogP contribution in [0.3, 0.4) is 0 Å². The molecule has 0 aliphatic carbocycles. The Kier molecular flexibility index (Phi) is 7.60. The molecule has 0 atom stereocenters. The number of aromatic nitrogens is 1. The average Bonchev–Trinajstić information content (AvgIpc) is 2.68. The number of hydrogen-bond donors (Lipinski definition) is 0. The van der Waals surface area contributed by atoms with Crippen LogP contribution in [0.4, 0.5) is 13.2 Å². The van der Waals surface area contributed by atoms with Gasteiger partial charge in [0.1, 0.15) is 24.1 Å². The standard InChI is InChI=1S/C21H20Cl2F3NO3/c22-17-11-13(1-4-19(17)30-15-6-9-29-10-7-15)16-5-8-27-18(20(16)23)3-2-14(28)12-21(24,25)26/h1,4-5,8,11,15H,2-3,6-7,9-10,12H2. The Morgan fingerprint density at radius 2 is 1.93 bits per heavy atom. The maximum absolute atomic E-state index is 12.3. The maximum atomic E-state index is 12.3. The number of alkyl halides is 3. The summed E-state index contributed by atoms with van der Waals surface area (Å²) in [5.41, 5.74) is 1.71. The summed E-state index contributed by atoms with van der Waals surface area (Å²) < 4.78 is 48.2. The second kappa shape index (κ2) is 9.98. The summed E-state index contributed by atoms with van der Waals surface area (Å²) in [6.07, 6.45) is -3.07. The van der Waals surface area contributed by atoms with Crippen molar-refractivity contribution in [2.45, 2.75) is 44.4 Å². The van der Waals surface area contributed by atoms with Gasteiger partial charge in [0.25, 0.3) is 0 Å². The molecule has 0 radical (unpaired) electrons. The quantitative estimate of drug-likeness (QED) is 0.502. The first-order valence-electron chi connectivity index (χ1n) is 9.49. The van der Waals surface area contributed by atoms with Crippen molar-refractivity contribution in [3.05, 3.63) is 46.2 Å². The minimum atomic E-state index is -4.51. The molecular weight excluding hydrogens is 442 g/mol. The lowest BCUT2D eigenvalue weighted by Gasteiger charge is -2.24. The van der Waals surface area contributed by atoms with E-state index in [0.717, 1.165) is 18.4 Å². The molecule has 9 heteroatoms. The Morgan fingerprint density at radius 1 is 1.20 bits per heavy atom. The number of rotatable bonds is 7. The molecule has 0 spiro atoms. The Bertz CT molecular complexity index is 900. The van der Waals surface area contributed by atoms with Gasteiger partial charge in [-0.05, 0) is 30.2 Å². The van der Waals surface area contributed by atoms with Crippen LogP contribution < -0.4 is 4.74 Å². The summed E-state index contributed by atoms with van der Waals surface area (Å²) in [6.45, 7) is 1.31. The van der Waals surface area contributed by atoms with Gasteiger partial charge in [0.05, 0.1) is 29.0 Å². The first-order valence-corrected chi connectivity index (χ1v) is 10.2.